The lowest BCUT2D eigenvalue weighted by molar-refractivity contribution is -0.146. The number of benzene rings is 1. The van der Waals surface area contributed by atoms with E-state index in [1.165, 1.54) is 4.90 Å². The van der Waals surface area contributed by atoms with Gasteiger partial charge in [-0.25, -0.2) is 4.99 Å². The van der Waals surface area contributed by atoms with Gasteiger partial charge < -0.3 is 15.3 Å². The van der Waals surface area contributed by atoms with Gasteiger partial charge in [0.25, 0.3) is 0 Å². The minimum atomic E-state index is -4.16. The lowest BCUT2D eigenvalue weighted by atomic mass is 10.1. The molecule has 1 atom stereocenters. The van der Waals surface area contributed by atoms with Gasteiger partial charge in [-0.3, -0.25) is 4.90 Å². The Hall–Kier alpha value is -1.23. The highest BCUT2D eigenvalue weighted by Gasteiger charge is 2.32. The monoisotopic (exact) mass is 514 g/mol. The normalized spacial score (nSPS) is 17.7. The summed E-state index contributed by atoms with van der Waals surface area (Å²) in [6, 6.07) is 6.91. The van der Waals surface area contributed by atoms with E-state index in [4.69, 9.17) is 0 Å². The first-order valence-corrected chi connectivity index (χ1v) is 9.41. The molecule has 160 valence electrons. The van der Waals surface area contributed by atoms with Crippen LogP contribution in [0.15, 0.2) is 29.3 Å². The second-order valence-corrected chi connectivity index (χ2v) is 6.88. The van der Waals surface area contributed by atoms with Crippen LogP contribution >= 0.6 is 24.0 Å². The third-order valence-corrected chi connectivity index (χ3v) is 4.63. The van der Waals surface area contributed by atoms with Crippen LogP contribution in [-0.2, 0) is 6.54 Å². The molecule has 5 nitrogen and oxygen atoms in total. The Morgan fingerprint density at radius 2 is 1.96 bits per heavy atom. The third kappa shape index (κ3) is 8.42. The quantitative estimate of drug-likeness (QED) is 0.331. The molecule has 0 saturated carbocycles. The second-order valence-electron chi connectivity index (χ2n) is 6.88. The molecule has 0 aromatic heterocycles. The van der Waals surface area contributed by atoms with Gasteiger partial charge in [-0.1, -0.05) is 19.1 Å². The largest absolute Gasteiger partial charge is 0.508 e. The van der Waals surface area contributed by atoms with Crippen LogP contribution in [0.4, 0.5) is 13.2 Å². The molecule has 2 rings (SSSR count). The first-order chi connectivity index (χ1) is 12.8. The number of guanidine groups is 1. The van der Waals surface area contributed by atoms with Crippen molar-refractivity contribution in [3.05, 3.63) is 29.8 Å². The average Bonchev–Trinajstić information content (AvgIpc) is 3.06. The smallest absolute Gasteiger partial charge is 0.401 e. The summed E-state index contributed by atoms with van der Waals surface area (Å²) in [7, 11) is 0. The van der Waals surface area contributed by atoms with E-state index in [-0.39, 0.29) is 35.6 Å². The summed E-state index contributed by atoms with van der Waals surface area (Å²) in [5.74, 6) is 1.20. The number of aromatic hydroxyl groups is 1. The van der Waals surface area contributed by atoms with E-state index in [1.807, 2.05) is 19.1 Å². The van der Waals surface area contributed by atoms with Crippen LogP contribution in [0.2, 0.25) is 0 Å². The first kappa shape index (κ1) is 24.8. The molecule has 9 heteroatoms. The van der Waals surface area contributed by atoms with Crippen molar-refractivity contribution in [1.29, 1.82) is 0 Å². The zero-order valence-corrected chi connectivity index (χ0v) is 18.7. The van der Waals surface area contributed by atoms with Gasteiger partial charge in [-0.15, -0.1) is 24.0 Å². The molecule has 0 radical (unpaired) electrons. The highest BCUT2D eigenvalue weighted by molar-refractivity contribution is 14.0. The minimum absolute atomic E-state index is 0. The number of phenolic OH excluding ortho intramolecular Hbond substituents is 1. The van der Waals surface area contributed by atoms with Crippen LogP contribution in [0, 0.1) is 5.92 Å². The van der Waals surface area contributed by atoms with Gasteiger partial charge in [0.2, 0.25) is 0 Å². The summed E-state index contributed by atoms with van der Waals surface area (Å²) in [4.78, 5) is 8.23. The molecule has 1 aromatic carbocycles. The Morgan fingerprint density at radius 1 is 1.29 bits per heavy atom. The molecular weight excluding hydrogens is 484 g/mol. The number of rotatable bonds is 7. The van der Waals surface area contributed by atoms with Crippen molar-refractivity contribution in [3.8, 4) is 5.75 Å². The maximum Gasteiger partial charge on any atom is 0.401 e. The Labute approximate surface area is 182 Å². The number of hydrogen-bond acceptors (Lipinski definition) is 3. The van der Waals surface area contributed by atoms with Crippen LogP contribution in [0.1, 0.15) is 25.8 Å². The van der Waals surface area contributed by atoms with Crippen molar-refractivity contribution >= 4 is 29.9 Å². The summed E-state index contributed by atoms with van der Waals surface area (Å²) in [6.07, 6.45) is -3.30. The molecule has 28 heavy (non-hydrogen) atoms. The summed E-state index contributed by atoms with van der Waals surface area (Å²) < 4.78 is 38.0. The van der Waals surface area contributed by atoms with E-state index in [0.717, 1.165) is 31.0 Å². The number of hydrogen-bond donors (Lipinski definition) is 2. The highest BCUT2D eigenvalue weighted by Crippen LogP contribution is 2.21. The topological polar surface area (TPSA) is 51.1 Å². The number of nitrogens with one attached hydrogen (secondary N) is 1. The minimum Gasteiger partial charge on any atom is -0.508 e. The Bertz CT molecular complexity index is 610. The van der Waals surface area contributed by atoms with Crippen molar-refractivity contribution in [1.82, 2.24) is 15.1 Å². The number of likely N-dealkylation sites (tertiary alicyclic amines) is 1. The molecule has 2 N–H and O–H groups in total. The van der Waals surface area contributed by atoms with Crippen molar-refractivity contribution in [2.24, 2.45) is 10.9 Å². The molecule has 1 aliphatic rings. The van der Waals surface area contributed by atoms with Gasteiger partial charge in [0.1, 0.15) is 5.75 Å². The van der Waals surface area contributed by atoms with Crippen LogP contribution in [0.3, 0.4) is 0 Å². The molecule has 0 amide bonds. The average molecular weight is 514 g/mol. The first-order valence-electron chi connectivity index (χ1n) is 9.41. The highest BCUT2D eigenvalue weighted by atomic mass is 127. The molecule has 0 aliphatic carbocycles. The Balaban J connectivity index is 0.00000392. The van der Waals surface area contributed by atoms with Gasteiger partial charge >= 0.3 is 6.18 Å². The molecule has 1 aromatic rings. The number of phenols is 1. The van der Waals surface area contributed by atoms with Gasteiger partial charge in [0.15, 0.2) is 5.96 Å². The van der Waals surface area contributed by atoms with E-state index in [9.17, 15) is 18.3 Å². The Morgan fingerprint density at radius 3 is 2.54 bits per heavy atom. The molecule has 1 heterocycles. The van der Waals surface area contributed by atoms with E-state index < -0.39 is 12.7 Å². The lowest BCUT2D eigenvalue weighted by Crippen LogP contribution is -2.41. The molecule has 1 saturated heterocycles. The molecule has 1 aliphatic heterocycles. The van der Waals surface area contributed by atoms with Gasteiger partial charge in [0, 0.05) is 26.2 Å². The summed E-state index contributed by atoms with van der Waals surface area (Å²) >= 11 is 0. The van der Waals surface area contributed by atoms with Gasteiger partial charge in [-0.2, -0.15) is 13.2 Å². The van der Waals surface area contributed by atoms with E-state index in [0.29, 0.717) is 26.2 Å². The molecule has 1 unspecified atom stereocenters. The van der Waals surface area contributed by atoms with E-state index in [1.54, 1.807) is 19.1 Å². The molecule has 0 spiro atoms. The zero-order valence-electron chi connectivity index (χ0n) is 16.4. The predicted octanol–water partition coefficient (Wildman–Crippen LogP) is 3.68. The van der Waals surface area contributed by atoms with Crippen molar-refractivity contribution < 1.29 is 18.3 Å². The van der Waals surface area contributed by atoms with Crippen LogP contribution in [0.25, 0.3) is 0 Å². The fourth-order valence-corrected chi connectivity index (χ4v) is 3.29. The number of aliphatic imine (C=N–C) groups is 1. The fraction of sp³-hybridized carbons (Fsp3) is 0.632. The standard InChI is InChI=1S/C19H29F3N4O.HI/c1-3-23-18(24-11-15-5-7-17(27)8-6-15)26-10-9-16(13-26)12-25(4-2)14-19(20,21)22;/h5-8,16,27H,3-4,9-14H2,1-2H3,(H,23,24);1H. The maximum atomic E-state index is 12.7. The second kappa shape index (κ2) is 11.7. The van der Waals surface area contributed by atoms with Crippen molar-refractivity contribution in [2.45, 2.75) is 33.0 Å². The summed E-state index contributed by atoms with van der Waals surface area (Å²) in [5.41, 5.74) is 0.987. The molecular formula is C19H30F3IN4O. The van der Waals surface area contributed by atoms with E-state index in [2.05, 4.69) is 15.2 Å². The summed E-state index contributed by atoms with van der Waals surface area (Å²) in [6.45, 7) is 6.45. The van der Waals surface area contributed by atoms with Gasteiger partial charge in [-0.05, 0) is 43.5 Å². The van der Waals surface area contributed by atoms with Crippen LogP contribution < -0.4 is 5.32 Å². The van der Waals surface area contributed by atoms with E-state index >= 15 is 0 Å². The summed E-state index contributed by atoms with van der Waals surface area (Å²) in [5, 5.41) is 12.6. The van der Waals surface area contributed by atoms with Crippen LogP contribution in [0.5, 0.6) is 5.75 Å². The van der Waals surface area contributed by atoms with Gasteiger partial charge in [0.05, 0.1) is 13.1 Å². The molecule has 0 bridgehead atoms. The Kier molecular flexibility index (Phi) is 10.4. The fourth-order valence-electron chi connectivity index (χ4n) is 3.29. The van der Waals surface area contributed by atoms with Crippen LogP contribution in [-0.4, -0.2) is 66.3 Å². The van der Waals surface area contributed by atoms with Crippen molar-refractivity contribution in [2.75, 3.05) is 39.3 Å². The maximum absolute atomic E-state index is 12.7. The number of halogens is 4. The lowest BCUT2D eigenvalue weighted by Gasteiger charge is -2.26. The number of nitrogens with zero attached hydrogens (tertiary/aromatic N) is 3. The molecule has 1 fully saturated rings. The third-order valence-electron chi connectivity index (χ3n) is 4.63. The SMILES string of the molecule is CCNC(=NCc1ccc(O)cc1)N1CCC(CN(CC)CC(F)(F)F)C1.I. The van der Waals surface area contributed by atoms with Crippen molar-refractivity contribution in [3.63, 3.8) is 0 Å². The predicted molar refractivity (Wildman–Crippen MR) is 116 cm³/mol. The zero-order chi connectivity index (χ0) is 19.9. The number of alkyl halides is 3.